The van der Waals surface area contributed by atoms with Crippen molar-refractivity contribution in [1.29, 1.82) is 0 Å². The van der Waals surface area contributed by atoms with Crippen molar-refractivity contribution in [2.45, 2.75) is 91.4 Å². The maximum Gasteiger partial charge on any atom is 0.343 e. The number of aryl methyl sites for hydroxylation is 1. The lowest BCUT2D eigenvalue weighted by Crippen LogP contribution is -2.08. The van der Waals surface area contributed by atoms with Crippen LogP contribution in [0.3, 0.4) is 0 Å². The van der Waals surface area contributed by atoms with Crippen LogP contribution in [0.25, 0.3) is 0 Å². The summed E-state index contributed by atoms with van der Waals surface area (Å²) in [5, 5.41) is 0. The summed E-state index contributed by atoms with van der Waals surface area (Å²) in [7, 11) is 0. The minimum absolute atomic E-state index is 0.339. The van der Waals surface area contributed by atoms with E-state index in [9.17, 15) is 4.79 Å². The Morgan fingerprint density at radius 3 is 2.09 bits per heavy atom. The largest absolute Gasteiger partial charge is 0.494 e. The highest BCUT2D eigenvalue weighted by atomic mass is 16.5. The van der Waals surface area contributed by atoms with Crippen LogP contribution in [0, 0.1) is 5.92 Å². The molecule has 0 saturated carbocycles. The number of carbonyl (C=O) groups excluding carboxylic acids is 1. The fraction of sp³-hybridized carbons (Fsp3) is 0.552. The summed E-state index contributed by atoms with van der Waals surface area (Å²) in [6.07, 6.45) is 13.6. The molecule has 0 N–H and O–H groups in total. The average molecular weight is 439 g/mol. The fourth-order valence-corrected chi connectivity index (χ4v) is 3.95. The first-order valence-electron chi connectivity index (χ1n) is 12.7. The molecule has 2 aromatic carbocycles. The van der Waals surface area contributed by atoms with Crippen molar-refractivity contribution in [3.8, 4) is 11.5 Å². The maximum absolute atomic E-state index is 12.4. The van der Waals surface area contributed by atoms with E-state index in [1.54, 1.807) is 12.1 Å². The second-order valence-electron chi connectivity index (χ2n) is 8.96. The fourth-order valence-electron chi connectivity index (χ4n) is 3.95. The predicted octanol–water partition coefficient (Wildman–Crippen LogP) is 8.40. The molecule has 0 heterocycles. The van der Waals surface area contributed by atoms with Gasteiger partial charge in [-0.3, -0.25) is 0 Å². The van der Waals surface area contributed by atoms with Gasteiger partial charge in [-0.1, -0.05) is 77.8 Å². The molecule has 0 amide bonds. The third-order valence-electron chi connectivity index (χ3n) is 5.93. The van der Waals surface area contributed by atoms with E-state index in [2.05, 4.69) is 32.9 Å². The molecule has 32 heavy (non-hydrogen) atoms. The van der Waals surface area contributed by atoms with Crippen LogP contribution in [0.4, 0.5) is 0 Å². The van der Waals surface area contributed by atoms with Gasteiger partial charge in [0.2, 0.25) is 0 Å². The molecule has 2 rings (SSSR count). The van der Waals surface area contributed by atoms with E-state index in [0.29, 0.717) is 17.9 Å². The van der Waals surface area contributed by atoms with Gasteiger partial charge < -0.3 is 9.47 Å². The minimum atomic E-state index is -0.339. The number of rotatable bonds is 16. The predicted molar refractivity (Wildman–Crippen MR) is 134 cm³/mol. The van der Waals surface area contributed by atoms with Gasteiger partial charge in [0.05, 0.1) is 12.2 Å². The zero-order valence-corrected chi connectivity index (χ0v) is 20.4. The molecule has 0 unspecified atom stereocenters. The Bertz CT molecular complexity index is 749. The summed E-state index contributed by atoms with van der Waals surface area (Å²) in [5.74, 6) is 1.80. The van der Waals surface area contributed by atoms with E-state index >= 15 is 0 Å². The Balaban J connectivity index is 1.70. The lowest BCUT2D eigenvalue weighted by molar-refractivity contribution is 0.0734. The number of ether oxygens (including phenoxy) is 2. The molecule has 0 fully saturated rings. The van der Waals surface area contributed by atoms with Crippen LogP contribution in [-0.4, -0.2) is 12.6 Å². The van der Waals surface area contributed by atoms with Gasteiger partial charge in [0.25, 0.3) is 0 Å². The van der Waals surface area contributed by atoms with Crippen LogP contribution in [0.5, 0.6) is 11.5 Å². The number of hydrogen-bond donors (Lipinski definition) is 0. The lowest BCUT2D eigenvalue weighted by atomic mass is 10.0. The first-order valence-corrected chi connectivity index (χ1v) is 12.7. The topological polar surface area (TPSA) is 35.5 Å². The van der Waals surface area contributed by atoms with Gasteiger partial charge in [-0.25, -0.2) is 4.79 Å². The van der Waals surface area contributed by atoms with E-state index in [0.717, 1.165) is 24.5 Å². The highest BCUT2D eigenvalue weighted by Gasteiger charge is 2.09. The third kappa shape index (κ3) is 10.3. The van der Waals surface area contributed by atoms with E-state index in [1.165, 1.54) is 63.4 Å². The van der Waals surface area contributed by atoms with E-state index in [1.807, 2.05) is 24.3 Å². The van der Waals surface area contributed by atoms with Crippen molar-refractivity contribution >= 4 is 5.97 Å². The molecule has 1 atom stereocenters. The summed E-state index contributed by atoms with van der Waals surface area (Å²) in [5.41, 5.74) is 1.83. The summed E-state index contributed by atoms with van der Waals surface area (Å²) >= 11 is 0. The zero-order chi connectivity index (χ0) is 23.0. The number of hydrogen-bond acceptors (Lipinski definition) is 3. The molecule has 2 aromatic rings. The standard InChI is InChI=1S/C29H42O3/c1-4-6-7-8-9-10-14-25-15-19-28(20-16-25)32-29(30)26-17-21-27(22-18-26)31-23-11-13-24(3)12-5-2/h15-22,24H,4-14,23H2,1-3H3/t24-/m0/s1. The summed E-state index contributed by atoms with van der Waals surface area (Å²) in [4.78, 5) is 12.4. The Morgan fingerprint density at radius 2 is 1.41 bits per heavy atom. The van der Waals surface area contributed by atoms with E-state index in [-0.39, 0.29) is 5.97 Å². The first kappa shape index (κ1) is 26.0. The molecular weight excluding hydrogens is 396 g/mol. The van der Waals surface area contributed by atoms with Gasteiger partial charge in [0, 0.05) is 0 Å². The molecule has 0 radical (unpaired) electrons. The lowest BCUT2D eigenvalue weighted by Gasteiger charge is -2.11. The van der Waals surface area contributed by atoms with Gasteiger partial charge >= 0.3 is 5.97 Å². The molecule has 3 nitrogen and oxygen atoms in total. The molecular formula is C29H42O3. The van der Waals surface area contributed by atoms with E-state index < -0.39 is 0 Å². The van der Waals surface area contributed by atoms with Crippen molar-refractivity contribution in [3.05, 3.63) is 59.7 Å². The van der Waals surface area contributed by atoms with Crippen LogP contribution < -0.4 is 9.47 Å². The van der Waals surface area contributed by atoms with Crippen LogP contribution in [0.2, 0.25) is 0 Å². The average Bonchev–Trinajstić information content (AvgIpc) is 2.80. The zero-order valence-electron chi connectivity index (χ0n) is 20.4. The minimum Gasteiger partial charge on any atom is -0.494 e. The molecule has 0 aliphatic rings. The number of unbranched alkanes of at least 4 members (excludes halogenated alkanes) is 5. The Morgan fingerprint density at radius 1 is 0.750 bits per heavy atom. The maximum atomic E-state index is 12.4. The number of benzene rings is 2. The number of esters is 1. The highest BCUT2D eigenvalue weighted by Crippen LogP contribution is 2.19. The van der Waals surface area contributed by atoms with Gasteiger partial charge in [-0.2, -0.15) is 0 Å². The number of carbonyl (C=O) groups is 1. The second-order valence-corrected chi connectivity index (χ2v) is 8.96. The van der Waals surface area contributed by atoms with Gasteiger partial charge in [-0.05, 0) is 73.6 Å². The summed E-state index contributed by atoms with van der Waals surface area (Å²) < 4.78 is 11.3. The molecule has 0 saturated heterocycles. The van der Waals surface area contributed by atoms with Gasteiger partial charge in [0.1, 0.15) is 11.5 Å². The summed E-state index contributed by atoms with van der Waals surface area (Å²) in [6.45, 7) is 7.48. The SMILES string of the molecule is CCCCCCCCc1ccc(OC(=O)c2ccc(OCCC[C@@H](C)CCC)cc2)cc1. The Kier molecular flexibility index (Phi) is 12.6. The van der Waals surface area contributed by atoms with Crippen LogP contribution in [-0.2, 0) is 6.42 Å². The Hall–Kier alpha value is -2.29. The molecule has 0 spiro atoms. The van der Waals surface area contributed by atoms with Gasteiger partial charge in [-0.15, -0.1) is 0 Å². The third-order valence-corrected chi connectivity index (χ3v) is 5.93. The quantitative estimate of drug-likeness (QED) is 0.150. The van der Waals surface area contributed by atoms with Crippen molar-refractivity contribution in [3.63, 3.8) is 0 Å². The van der Waals surface area contributed by atoms with Crippen LogP contribution in [0.15, 0.2) is 48.5 Å². The monoisotopic (exact) mass is 438 g/mol. The van der Waals surface area contributed by atoms with Crippen molar-refractivity contribution in [1.82, 2.24) is 0 Å². The van der Waals surface area contributed by atoms with Crippen molar-refractivity contribution in [2.24, 2.45) is 5.92 Å². The molecule has 3 heteroatoms. The Labute approximate surface area is 195 Å². The molecule has 0 aliphatic heterocycles. The van der Waals surface area contributed by atoms with Crippen molar-refractivity contribution < 1.29 is 14.3 Å². The van der Waals surface area contributed by atoms with Crippen LogP contribution >= 0.6 is 0 Å². The first-order chi connectivity index (χ1) is 15.6. The van der Waals surface area contributed by atoms with Crippen LogP contribution in [0.1, 0.15) is 101 Å². The highest BCUT2D eigenvalue weighted by molar-refractivity contribution is 5.91. The molecule has 0 bridgehead atoms. The normalized spacial score (nSPS) is 11.8. The molecule has 0 aromatic heterocycles. The molecule has 176 valence electrons. The van der Waals surface area contributed by atoms with E-state index in [4.69, 9.17) is 9.47 Å². The smallest absolute Gasteiger partial charge is 0.343 e. The van der Waals surface area contributed by atoms with Gasteiger partial charge in [0.15, 0.2) is 0 Å². The molecule has 0 aliphatic carbocycles. The van der Waals surface area contributed by atoms with Crippen molar-refractivity contribution in [2.75, 3.05) is 6.61 Å². The summed E-state index contributed by atoms with van der Waals surface area (Å²) in [6, 6.07) is 15.1. The second kappa shape index (κ2) is 15.5.